The van der Waals surface area contributed by atoms with Crippen molar-refractivity contribution in [1.29, 1.82) is 0 Å². The van der Waals surface area contributed by atoms with Gasteiger partial charge >= 0.3 is 5.97 Å². The van der Waals surface area contributed by atoms with E-state index < -0.39 is 24.4 Å². The van der Waals surface area contributed by atoms with Crippen LogP contribution < -0.4 is 5.32 Å². The van der Waals surface area contributed by atoms with Crippen molar-refractivity contribution in [2.24, 2.45) is 5.92 Å². The van der Waals surface area contributed by atoms with E-state index in [-0.39, 0.29) is 6.54 Å². The molecule has 0 aliphatic carbocycles. The Morgan fingerprint density at radius 2 is 2.36 bits per heavy atom. The summed E-state index contributed by atoms with van der Waals surface area (Å²) in [5, 5.41) is 2.43. The molecule has 0 aromatic carbocycles. The number of esters is 1. The zero-order valence-electron chi connectivity index (χ0n) is 6.06. The molecular formula is C6H9F2NO2. The fourth-order valence-electron chi connectivity index (χ4n) is 1.05. The molecule has 64 valence electrons. The van der Waals surface area contributed by atoms with Gasteiger partial charge in [-0.15, -0.1) is 0 Å². The number of carbonyl (C=O) groups excluding carboxylic acids is 1. The van der Waals surface area contributed by atoms with E-state index in [1.165, 1.54) is 0 Å². The summed E-state index contributed by atoms with van der Waals surface area (Å²) in [4.78, 5) is 10.7. The second-order valence-electron chi connectivity index (χ2n) is 2.47. The minimum Gasteiger partial charge on any atom is -0.469 e. The van der Waals surface area contributed by atoms with Crippen LogP contribution in [0.25, 0.3) is 0 Å². The summed E-state index contributed by atoms with van der Waals surface area (Å²) in [5.41, 5.74) is 0. The van der Waals surface area contributed by atoms with Crippen LogP contribution in [-0.2, 0) is 9.53 Å². The number of rotatable bonds is 1. The van der Waals surface area contributed by atoms with Gasteiger partial charge in [-0.05, 0) is 0 Å². The lowest BCUT2D eigenvalue weighted by Crippen LogP contribution is -2.33. The third-order valence-electron chi connectivity index (χ3n) is 1.70. The summed E-state index contributed by atoms with van der Waals surface area (Å²) < 4.78 is 29.6. The molecule has 0 spiro atoms. The molecule has 0 aromatic rings. The highest BCUT2D eigenvalue weighted by Gasteiger charge is 2.48. The van der Waals surface area contributed by atoms with Crippen LogP contribution in [0.2, 0.25) is 0 Å². The van der Waals surface area contributed by atoms with E-state index in [2.05, 4.69) is 10.1 Å². The van der Waals surface area contributed by atoms with Crippen LogP contribution in [-0.4, -0.2) is 32.1 Å². The van der Waals surface area contributed by atoms with Crippen molar-refractivity contribution in [2.75, 3.05) is 20.2 Å². The summed E-state index contributed by atoms with van der Waals surface area (Å²) in [6.07, 6.45) is 0. The Bertz CT molecular complexity index is 172. The Morgan fingerprint density at radius 1 is 1.73 bits per heavy atom. The fourth-order valence-corrected chi connectivity index (χ4v) is 1.05. The number of carbonyl (C=O) groups is 1. The summed E-state index contributed by atoms with van der Waals surface area (Å²) in [7, 11) is 1.11. The van der Waals surface area contributed by atoms with Gasteiger partial charge in [-0.1, -0.05) is 0 Å². The second-order valence-corrected chi connectivity index (χ2v) is 2.47. The number of hydrogen-bond acceptors (Lipinski definition) is 3. The van der Waals surface area contributed by atoms with Gasteiger partial charge in [0, 0.05) is 6.54 Å². The predicted octanol–water partition coefficient (Wildman–Crippen LogP) is 0.0141. The molecule has 0 radical (unpaired) electrons. The number of ether oxygens (including phenoxy) is 1. The van der Waals surface area contributed by atoms with Gasteiger partial charge in [-0.25, -0.2) is 8.78 Å². The van der Waals surface area contributed by atoms with Gasteiger partial charge in [0.1, 0.15) is 5.92 Å². The molecule has 3 nitrogen and oxygen atoms in total. The summed E-state index contributed by atoms with van der Waals surface area (Å²) in [6, 6.07) is 0. The summed E-state index contributed by atoms with van der Waals surface area (Å²) in [6.45, 7) is -0.438. The van der Waals surface area contributed by atoms with Gasteiger partial charge in [0.15, 0.2) is 0 Å². The van der Waals surface area contributed by atoms with Crippen molar-refractivity contribution in [2.45, 2.75) is 5.92 Å². The van der Waals surface area contributed by atoms with Crippen molar-refractivity contribution in [1.82, 2.24) is 5.32 Å². The zero-order valence-corrected chi connectivity index (χ0v) is 6.06. The van der Waals surface area contributed by atoms with Gasteiger partial charge in [0.25, 0.3) is 5.92 Å². The molecule has 0 saturated carbocycles. The van der Waals surface area contributed by atoms with E-state index >= 15 is 0 Å². The fraction of sp³-hybridized carbons (Fsp3) is 0.833. The van der Waals surface area contributed by atoms with Gasteiger partial charge in [-0.3, -0.25) is 4.79 Å². The first kappa shape index (κ1) is 8.39. The molecule has 1 aliphatic heterocycles. The largest absolute Gasteiger partial charge is 0.469 e. The van der Waals surface area contributed by atoms with Crippen molar-refractivity contribution < 1.29 is 18.3 Å². The quantitative estimate of drug-likeness (QED) is 0.556. The van der Waals surface area contributed by atoms with Gasteiger partial charge < -0.3 is 10.1 Å². The highest BCUT2D eigenvalue weighted by atomic mass is 19.3. The first-order chi connectivity index (χ1) is 5.08. The molecule has 0 amide bonds. The smallest absolute Gasteiger partial charge is 0.316 e. The minimum absolute atomic E-state index is 0.000324. The molecule has 1 fully saturated rings. The average molecular weight is 165 g/mol. The summed E-state index contributed by atoms with van der Waals surface area (Å²) in [5.74, 6) is -5.11. The lowest BCUT2D eigenvalue weighted by atomic mass is 10.1. The number of methoxy groups -OCH3 is 1. The summed E-state index contributed by atoms with van der Waals surface area (Å²) >= 11 is 0. The van der Waals surface area contributed by atoms with Crippen molar-refractivity contribution >= 4 is 5.97 Å². The number of hydrogen-bond donors (Lipinski definition) is 1. The van der Waals surface area contributed by atoms with Crippen LogP contribution in [0.1, 0.15) is 0 Å². The highest BCUT2D eigenvalue weighted by Crippen LogP contribution is 2.28. The molecule has 1 saturated heterocycles. The molecule has 1 atom stereocenters. The van der Waals surface area contributed by atoms with Crippen molar-refractivity contribution in [3.05, 3.63) is 0 Å². The van der Waals surface area contributed by atoms with E-state index in [0.717, 1.165) is 7.11 Å². The maximum atomic E-state index is 12.7. The van der Waals surface area contributed by atoms with Crippen LogP contribution in [0, 0.1) is 5.92 Å². The van der Waals surface area contributed by atoms with E-state index in [1.54, 1.807) is 0 Å². The molecule has 1 aliphatic rings. The number of halogens is 2. The Kier molecular flexibility index (Phi) is 2.08. The third kappa shape index (κ3) is 1.48. The maximum absolute atomic E-state index is 12.7. The van der Waals surface area contributed by atoms with Gasteiger partial charge in [-0.2, -0.15) is 0 Å². The lowest BCUT2D eigenvalue weighted by molar-refractivity contribution is -0.155. The Balaban J connectivity index is 2.64. The topological polar surface area (TPSA) is 38.3 Å². The van der Waals surface area contributed by atoms with Gasteiger partial charge in [0.05, 0.1) is 13.7 Å². The molecule has 1 rings (SSSR count). The molecule has 1 N–H and O–H groups in total. The molecule has 1 heterocycles. The average Bonchev–Trinajstić information content (AvgIpc) is 2.28. The molecule has 0 bridgehead atoms. The van der Waals surface area contributed by atoms with Crippen LogP contribution in [0.15, 0.2) is 0 Å². The SMILES string of the molecule is COC(=O)C1CNCC1(F)F. The Labute approximate surface area is 62.7 Å². The monoisotopic (exact) mass is 165 g/mol. The van der Waals surface area contributed by atoms with E-state index in [0.29, 0.717) is 0 Å². The normalized spacial score (nSPS) is 28.5. The first-order valence-corrected chi connectivity index (χ1v) is 3.24. The predicted molar refractivity (Wildman–Crippen MR) is 33.3 cm³/mol. The minimum atomic E-state index is -2.95. The first-order valence-electron chi connectivity index (χ1n) is 3.24. The zero-order chi connectivity index (χ0) is 8.48. The van der Waals surface area contributed by atoms with Crippen LogP contribution >= 0.6 is 0 Å². The number of alkyl halides is 2. The molecule has 1 unspecified atom stereocenters. The molecule has 5 heteroatoms. The van der Waals surface area contributed by atoms with E-state index in [4.69, 9.17) is 0 Å². The number of nitrogens with one attached hydrogen (secondary N) is 1. The van der Waals surface area contributed by atoms with E-state index in [1.807, 2.05) is 0 Å². The molecular weight excluding hydrogens is 156 g/mol. The van der Waals surface area contributed by atoms with Gasteiger partial charge in [0.2, 0.25) is 0 Å². The lowest BCUT2D eigenvalue weighted by Gasteiger charge is -2.14. The Morgan fingerprint density at radius 3 is 2.73 bits per heavy atom. The molecule has 11 heavy (non-hydrogen) atoms. The van der Waals surface area contributed by atoms with Crippen LogP contribution in [0.3, 0.4) is 0 Å². The highest BCUT2D eigenvalue weighted by molar-refractivity contribution is 5.74. The standard InChI is InChI=1S/C6H9F2NO2/c1-11-5(10)4-2-9-3-6(4,7)8/h4,9H,2-3H2,1H3. The van der Waals surface area contributed by atoms with E-state index in [9.17, 15) is 13.6 Å². The van der Waals surface area contributed by atoms with Crippen molar-refractivity contribution in [3.63, 3.8) is 0 Å². The van der Waals surface area contributed by atoms with Crippen LogP contribution in [0.4, 0.5) is 8.78 Å². The molecule has 0 aromatic heterocycles. The second kappa shape index (κ2) is 2.73. The maximum Gasteiger partial charge on any atom is 0.316 e. The Hall–Kier alpha value is -0.710. The van der Waals surface area contributed by atoms with Crippen molar-refractivity contribution in [3.8, 4) is 0 Å². The third-order valence-corrected chi connectivity index (χ3v) is 1.70. The van der Waals surface area contributed by atoms with Crippen LogP contribution in [0.5, 0.6) is 0 Å².